The van der Waals surface area contributed by atoms with E-state index in [1.165, 1.54) is 17.7 Å². The van der Waals surface area contributed by atoms with E-state index < -0.39 is 11.7 Å². The second-order valence-electron chi connectivity index (χ2n) is 6.19. The third-order valence-electron chi connectivity index (χ3n) is 4.12. The van der Waals surface area contributed by atoms with E-state index in [4.69, 9.17) is 4.74 Å². The van der Waals surface area contributed by atoms with Crippen molar-refractivity contribution in [2.45, 2.75) is 38.6 Å². The maximum Gasteiger partial charge on any atom is 0.416 e. The van der Waals surface area contributed by atoms with Gasteiger partial charge in [0.1, 0.15) is 0 Å². The highest BCUT2D eigenvalue weighted by Gasteiger charge is 2.30. The first-order valence-corrected chi connectivity index (χ1v) is 8.36. The Kier molecular flexibility index (Phi) is 7.02. The standard InChI is InChI=1S/C20H24F3NO/c1-15(25-2)12-17-6-8-18(9-7-17)14-24-11-10-16-4-3-5-19(13-16)20(21,22)23/h3-9,13,15,24H,10-12,14H2,1-2H3. The summed E-state index contributed by atoms with van der Waals surface area (Å²) in [4.78, 5) is 0. The molecule has 0 aromatic heterocycles. The Morgan fingerprint density at radius 2 is 1.68 bits per heavy atom. The van der Waals surface area contributed by atoms with Gasteiger partial charge >= 0.3 is 6.18 Å². The predicted octanol–water partition coefficient (Wildman–Crippen LogP) is 4.62. The van der Waals surface area contributed by atoms with Gasteiger partial charge in [0.15, 0.2) is 0 Å². The van der Waals surface area contributed by atoms with E-state index in [0.717, 1.165) is 18.1 Å². The molecule has 0 fully saturated rings. The summed E-state index contributed by atoms with van der Waals surface area (Å²) in [5.41, 5.74) is 2.47. The van der Waals surface area contributed by atoms with Crippen molar-refractivity contribution in [3.05, 3.63) is 70.8 Å². The van der Waals surface area contributed by atoms with Crippen LogP contribution in [0.3, 0.4) is 0 Å². The summed E-state index contributed by atoms with van der Waals surface area (Å²) in [6.45, 7) is 3.35. The number of benzene rings is 2. The first-order chi connectivity index (χ1) is 11.9. The van der Waals surface area contributed by atoms with Gasteiger partial charge in [0, 0.05) is 13.7 Å². The lowest BCUT2D eigenvalue weighted by atomic mass is 10.1. The zero-order chi connectivity index (χ0) is 18.3. The van der Waals surface area contributed by atoms with Gasteiger partial charge in [-0.05, 0) is 49.1 Å². The van der Waals surface area contributed by atoms with Crippen LogP contribution in [0, 0.1) is 0 Å². The molecule has 25 heavy (non-hydrogen) atoms. The molecule has 0 heterocycles. The van der Waals surface area contributed by atoms with Crippen molar-refractivity contribution in [3.8, 4) is 0 Å². The topological polar surface area (TPSA) is 21.3 Å². The molecule has 0 radical (unpaired) electrons. The van der Waals surface area contributed by atoms with Crippen molar-refractivity contribution in [1.29, 1.82) is 0 Å². The second-order valence-corrected chi connectivity index (χ2v) is 6.19. The molecule has 0 aliphatic heterocycles. The predicted molar refractivity (Wildman–Crippen MR) is 93.5 cm³/mol. The van der Waals surface area contributed by atoms with Crippen LogP contribution in [0.5, 0.6) is 0 Å². The molecule has 0 saturated carbocycles. The number of rotatable bonds is 8. The number of nitrogens with one attached hydrogen (secondary N) is 1. The largest absolute Gasteiger partial charge is 0.416 e. The number of hydrogen-bond acceptors (Lipinski definition) is 2. The van der Waals surface area contributed by atoms with Gasteiger partial charge in [0.05, 0.1) is 11.7 Å². The quantitative estimate of drug-likeness (QED) is 0.701. The van der Waals surface area contributed by atoms with Crippen molar-refractivity contribution < 1.29 is 17.9 Å². The van der Waals surface area contributed by atoms with Gasteiger partial charge in [-0.2, -0.15) is 13.2 Å². The van der Waals surface area contributed by atoms with E-state index in [1.54, 1.807) is 13.2 Å². The summed E-state index contributed by atoms with van der Waals surface area (Å²) in [6.07, 6.45) is -2.66. The minimum atomic E-state index is -4.29. The number of ether oxygens (including phenoxy) is 1. The van der Waals surface area contributed by atoms with E-state index in [2.05, 4.69) is 29.6 Å². The molecule has 0 saturated heterocycles. The molecule has 2 aromatic rings. The summed E-state index contributed by atoms with van der Waals surface area (Å²) in [5, 5.41) is 3.27. The SMILES string of the molecule is COC(C)Cc1ccc(CNCCc2cccc(C(F)(F)F)c2)cc1. The monoisotopic (exact) mass is 351 g/mol. The van der Waals surface area contributed by atoms with Gasteiger partial charge in [0.25, 0.3) is 0 Å². The van der Waals surface area contributed by atoms with Gasteiger partial charge in [-0.3, -0.25) is 0 Å². The van der Waals surface area contributed by atoms with E-state index >= 15 is 0 Å². The number of halogens is 3. The van der Waals surface area contributed by atoms with Crippen molar-refractivity contribution >= 4 is 0 Å². The zero-order valence-electron chi connectivity index (χ0n) is 14.6. The van der Waals surface area contributed by atoms with Gasteiger partial charge < -0.3 is 10.1 Å². The lowest BCUT2D eigenvalue weighted by molar-refractivity contribution is -0.137. The lowest BCUT2D eigenvalue weighted by Gasteiger charge is -2.11. The number of alkyl halides is 3. The van der Waals surface area contributed by atoms with Crippen molar-refractivity contribution in [1.82, 2.24) is 5.32 Å². The van der Waals surface area contributed by atoms with E-state index in [1.807, 2.05) is 6.92 Å². The minimum absolute atomic E-state index is 0.191. The molecule has 2 rings (SSSR count). The summed E-state index contributed by atoms with van der Waals surface area (Å²) in [5.74, 6) is 0. The molecule has 1 atom stereocenters. The van der Waals surface area contributed by atoms with Gasteiger partial charge in [-0.25, -0.2) is 0 Å². The van der Waals surface area contributed by atoms with Gasteiger partial charge in [-0.1, -0.05) is 42.5 Å². The Labute approximate surface area is 147 Å². The van der Waals surface area contributed by atoms with Crippen LogP contribution in [0.1, 0.15) is 29.2 Å². The molecule has 1 unspecified atom stereocenters. The average Bonchev–Trinajstić information content (AvgIpc) is 2.59. The number of methoxy groups -OCH3 is 1. The fourth-order valence-corrected chi connectivity index (χ4v) is 2.58. The van der Waals surface area contributed by atoms with Crippen LogP contribution in [0.15, 0.2) is 48.5 Å². The molecular weight excluding hydrogens is 327 g/mol. The Balaban J connectivity index is 1.78. The molecule has 0 amide bonds. The van der Waals surface area contributed by atoms with Crippen LogP contribution in [-0.4, -0.2) is 19.8 Å². The van der Waals surface area contributed by atoms with Crippen molar-refractivity contribution in [2.75, 3.05) is 13.7 Å². The Morgan fingerprint density at radius 3 is 2.32 bits per heavy atom. The smallest absolute Gasteiger partial charge is 0.381 e. The second kappa shape index (κ2) is 9.02. The van der Waals surface area contributed by atoms with Crippen LogP contribution in [0.4, 0.5) is 13.2 Å². The van der Waals surface area contributed by atoms with Crippen LogP contribution < -0.4 is 5.32 Å². The lowest BCUT2D eigenvalue weighted by Crippen LogP contribution is -2.17. The highest BCUT2D eigenvalue weighted by atomic mass is 19.4. The van der Waals surface area contributed by atoms with Gasteiger partial charge in [0.2, 0.25) is 0 Å². The summed E-state index contributed by atoms with van der Waals surface area (Å²) in [6, 6.07) is 13.8. The average molecular weight is 351 g/mol. The van der Waals surface area contributed by atoms with E-state index in [-0.39, 0.29) is 6.10 Å². The van der Waals surface area contributed by atoms with Crippen LogP contribution >= 0.6 is 0 Å². The summed E-state index contributed by atoms with van der Waals surface area (Å²) < 4.78 is 43.3. The molecule has 2 nitrogen and oxygen atoms in total. The minimum Gasteiger partial charge on any atom is -0.381 e. The van der Waals surface area contributed by atoms with Crippen molar-refractivity contribution in [2.24, 2.45) is 0 Å². The first-order valence-electron chi connectivity index (χ1n) is 8.36. The molecule has 0 aliphatic rings. The van der Waals surface area contributed by atoms with Crippen LogP contribution in [0.25, 0.3) is 0 Å². The summed E-state index contributed by atoms with van der Waals surface area (Å²) in [7, 11) is 1.70. The third kappa shape index (κ3) is 6.52. The van der Waals surface area contributed by atoms with E-state index in [9.17, 15) is 13.2 Å². The molecule has 5 heteroatoms. The molecule has 0 bridgehead atoms. The Morgan fingerprint density at radius 1 is 1.00 bits per heavy atom. The maximum atomic E-state index is 12.7. The molecule has 0 spiro atoms. The fourth-order valence-electron chi connectivity index (χ4n) is 2.58. The van der Waals surface area contributed by atoms with Crippen LogP contribution in [0.2, 0.25) is 0 Å². The highest BCUT2D eigenvalue weighted by molar-refractivity contribution is 5.26. The first kappa shape index (κ1) is 19.5. The molecule has 1 N–H and O–H groups in total. The molecular formula is C20H24F3NO. The zero-order valence-corrected chi connectivity index (χ0v) is 14.6. The van der Waals surface area contributed by atoms with Gasteiger partial charge in [-0.15, -0.1) is 0 Å². The number of hydrogen-bond donors (Lipinski definition) is 1. The molecule has 0 aliphatic carbocycles. The highest BCUT2D eigenvalue weighted by Crippen LogP contribution is 2.29. The van der Waals surface area contributed by atoms with E-state index in [0.29, 0.717) is 25.1 Å². The fraction of sp³-hybridized carbons (Fsp3) is 0.400. The maximum absolute atomic E-state index is 12.7. The van der Waals surface area contributed by atoms with Crippen molar-refractivity contribution in [3.63, 3.8) is 0 Å². The van der Waals surface area contributed by atoms with Crippen LogP contribution in [-0.2, 0) is 30.3 Å². The third-order valence-corrected chi connectivity index (χ3v) is 4.12. The normalized spacial score (nSPS) is 13.0. The molecule has 2 aromatic carbocycles. The Hall–Kier alpha value is -1.85. The Bertz CT molecular complexity index is 653. The summed E-state index contributed by atoms with van der Waals surface area (Å²) >= 11 is 0. The molecule has 136 valence electrons.